The average Bonchev–Trinajstić information content (AvgIpc) is 3.05. The van der Waals surface area contributed by atoms with Gasteiger partial charge in [0.1, 0.15) is 6.61 Å². The third-order valence-corrected chi connectivity index (χ3v) is 4.19. The van der Waals surface area contributed by atoms with E-state index < -0.39 is 0 Å². The Morgan fingerprint density at radius 2 is 1.96 bits per heavy atom. The summed E-state index contributed by atoms with van der Waals surface area (Å²) < 4.78 is 5.73. The van der Waals surface area contributed by atoms with Crippen LogP contribution in [0.4, 0.5) is 5.69 Å². The maximum Gasteiger partial charge on any atom is 0.167 e. The molecule has 2 aromatic rings. The highest BCUT2D eigenvalue weighted by Gasteiger charge is 2.31. The molecule has 0 bridgehead atoms. The average molecular weight is 306 g/mol. The summed E-state index contributed by atoms with van der Waals surface area (Å²) in [5.41, 5.74) is 5.77. The van der Waals surface area contributed by atoms with Crippen LogP contribution in [0.1, 0.15) is 16.7 Å². The van der Waals surface area contributed by atoms with Crippen LogP contribution in [0.5, 0.6) is 11.5 Å². The molecule has 0 fully saturated rings. The summed E-state index contributed by atoms with van der Waals surface area (Å²) in [5.74, 6) is 0.693. The van der Waals surface area contributed by atoms with Gasteiger partial charge < -0.3 is 14.7 Å². The van der Waals surface area contributed by atoms with Crippen molar-refractivity contribution in [1.82, 2.24) is 4.90 Å². The molecule has 1 aliphatic heterocycles. The lowest BCUT2D eigenvalue weighted by Crippen LogP contribution is -2.19. The van der Waals surface area contributed by atoms with Gasteiger partial charge in [0, 0.05) is 17.7 Å². The second-order valence-electron chi connectivity index (χ2n) is 6.06. The minimum absolute atomic E-state index is 0.180. The van der Waals surface area contributed by atoms with E-state index in [9.17, 15) is 5.11 Å². The van der Waals surface area contributed by atoms with Crippen LogP contribution < -0.4 is 4.74 Å². The predicted octanol–water partition coefficient (Wildman–Crippen LogP) is 3.32. The minimum Gasteiger partial charge on any atom is -0.504 e. The molecule has 1 aliphatic carbocycles. The Morgan fingerprint density at radius 1 is 1.13 bits per heavy atom. The Morgan fingerprint density at radius 3 is 2.78 bits per heavy atom. The summed E-state index contributed by atoms with van der Waals surface area (Å²) in [4.78, 5) is 6.73. The first kappa shape index (κ1) is 14.0. The molecule has 0 saturated carbocycles. The Balaban J connectivity index is 1.69. The number of aromatic hydroxyl groups is 1. The van der Waals surface area contributed by atoms with Crippen molar-refractivity contribution < 1.29 is 9.84 Å². The van der Waals surface area contributed by atoms with Crippen LogP contribution in [0.3, 0.4) is 0 Å². The van der Waals surface area contributed by atoms with E-state index in [0.717, 1.165) is 40.2 Å². The molecule has 4 rings (SSSR count). The van der Waals surface area contributed by atoms with E-state index in [4.69, 9.17) is 9.73 Å². The van der Waals surface area contributed by atoms with Crippen LogP contribution >= 0.6 is 0 Å². The number of likely N-dealkylation sites (N-methyl/N-ethyl adjacent to an activating group) is 1. The van der Waals surface area contributed by atoms with Gasteiger partial charge in [-0.1, -0.05) is 24.3 Å². The number of benzene rings is 2. The smallest absolute Gasteiger partial charge is 0.167 e. The number of nitrogens with zero attached hydrogens (tertiary/aromatic N) is 2. The van der Waals surface area contributed by atoms with Crippen molar-refractivity contribution in [2.45, 2.75) is 0 Å². The Kier molecular flexibility index (Phi) is 3.20. The van der Waals surface area contributed by atoms with Crippen LogP contribution in [0.15, 0.2) is 41.4 Å². The highest BCUT2D eigenvalue weighted by atomic mass is 16.5. The summed E-state index contributed by atoms with van der Waals surface area (Å²) >= 11 is 0. The molecular formula is C19H18N2O2. The van der Waals surface area contributed by atoms with E-state index in [1.807, 2.05) is 37.2 Å². The number of allylic oxidation sites excluding steroid dienone is 1. The van der Waals surface area contributed by atoms with Crippen molar-refractivity contribution in [3.63, 3.8) is 0 Å². The van der Waals surface area contributed by atoms with Crippen molar-refractivity contribution in [3.8, 4) is 11.5 Å². The summed E-state index contributed by atoms with van der Waals surface area (Å²) in [6.07, 6.45) is 2.09. The molecular weight excluding hydrogens is 288 g/mol. The Labute approximate surface area is 135 Å². The van der Waals surface area contributed by atoms with E-state index in [2.05, 4.69) is 18.2 Å². The Hall–Kier alpha value is -2.59. The number of phenols is 1. The van der Waals surface area contributed by atoms with Crippen LogP contribution in [0.25, 0.3) is 11.6 Å². The van der Waals surface area contributed by atoms with E-state index >= 15 is 0 Å². The number of hydrogen-bond acceptors (Lipinski definition) is 4. The molecule has 2 aliphatic rings. The van der Waals surface area contributed by atoms with Crippen molar-refractivity contribution in [2.75, 3.05) is 27.2 Å². The molecule has 1 heterocycles. The van der Waals surface area contributed by atoms with Gasteiger partial charge in [-0.2, -0.15) is 0 Å². The monoisotopic (exact) mass is 306 g/mol. The molecule has 0 unspecified atom stereocenters. The van der Waals surface area contributed by atoms with Gasteiger partial charge in [-0.3, -0.25) is 0 Å². The third kappa shape index (κ3) is 2.23. The number of hydrogen-bond donors (Lipinski definition) is 1. The van der Waals surface area contributed by atoms with Crippen LogP contribution in [-0.2, 0) is 0 Å². The minimum atomic E-state index is 0.180. The third-order valence-electron chi connectivity index (χ3n) is 4.19. The molecule has 4 nitrogen and oxygen atoms in total. The first-order valence-electron chi connectivity index (χ1n) is 7.69. The SMILES string of the molecule is CN(C)CCOc1ccc2c(c1O)C1=Cc3ccccc3C1=N2. The Bertz CT molecular complexity index is 850. The number of aliphatic imine (C=N–C) groups is 1. The van der Waals surface area contributed by atoms with E-state index in [0.29, 0.717) is 12.4 Å². The highest BCUT2D eigenvalue weighted by Crippen LogP contribution is 2.49. The summed E-state index contributed by atoms with van der Waals surface area (Å²) in [6, 6.07) is 11.9. The molecule has 1 N–H and O–H groups in total. The van der Waals surface area contributed by atoms with Crippen LogP contribution in [-0.4, -0.2) is 43.0 Å². The maximum atomic E-state index is 10.6. The standard InChI is InChI=1S/C19H18N2O2/c1-21(2)9-10-23-16-8-7-15-17(19(16)22)14-11-12-5-3-4-6-13(12)18(14)20-15/h3-8,11,22H,9-10H2,1-2H3. The lowest BCUT2D eigenvalue weighted by molar-refractivity contribution is 0.252. The molecule has 0 atom stereocenters. The van der Waals surface area contributed by atoms with Gasteiger partial charge in [-0.05, 0) is 37.9 Å². The zero-order chi connectivity index (χ0) is 16.0. The highest BCUT2D eigenvalue weighted by molar-refractivity contribution is 6.43. The first-order valence-corrected chi connectivity index (χ1v) is 7.69. The summed E-state index contributed by atoms with van der Waals surface area (Å²) in [7, 11) is 3.99. The normalized spacial score (nSPS) is 14.2. The van der Waals surface area contributed by atoms with E-state index in [1.165, 1.54) is 0 Å². The van der Waals surface area contributed by atoms with Crippen LogP contribution in [0, 0.1) is 0 Å². The number of ether oxygens (including phenoxy) is 1. The molecule has 2 aromatic carbocycles. The summed E-state index contributed by atoms with van der Waals surface area (Å²) in [6.45, 7) is 1.33. The maximum absolute atomic E-state index is 10.6. The van der Waals surface area contributed by atoms with Crippen molar-refractivity contribution >= 4 is 23.0 Å². The molecule has 0 saturated heterocycles. The number of phenolic OH excluding ortho intramolecular Hbond substituents is 1. The molecule has 0 aromatic heterocycles. The first-order chi connectivity index (χ1) is 11.1. The molecule has 0 amide bonds. The number of rotatable bonds is 4. The molecule has 0 radical (unpaired) electrons. The predicted molar refractivity (Wildman–Crippen MR) is 92.7 cm³/mol. The van der Waals surface area contributed by atoms with Gasteiger partial charge >= 0.3 is 0 Å². The summed E-state index contributed by atoms with van der Waals surface area (Å²) in [5, 5.41) is 10.6. The van der Waals surface area contributed by atoms with Gasteiger partial charge in [0.05, 0.1) is 17.0 Å². The fourth-order valence-corrected chi connectivity index (χ4v) is 3.01. The van der Waals surface area contributed by atoms with E-state index in [1.54, 1.807) is 6.07 Å². The fraction of sp³-hybridized carbons (Fsp3) is 0.211. The fourth-order valence-electron chi connectivity index (χ4n) is 3.01. The zero-order valence-corrected chi connectivity index (χ0v) is 13.2. The van der Waals surface area contributed by atoms with Gasteiger partial charge in [-0.25, -0.2) is 4.99 Å². The van der Waals surface area contributed by atoms with Gasteiger partial charge in [-0.15, -0.1) is 0 Å². The largest absolute Gasteiger partial charge is 0.504 e. The van der Waals surface area contributed by atoms with Crippen molar-refractivity contribution in [3.05, 3.63) is 53.1 Å². The van der Waals surface area contributed by atoms with Gasteiger partial charge in [0.2, 0.25) is 0 Å². The van der Waals surface area contributed by atoms with Crippen LogP contribution in [0.2, 0.25) is 0 Å². The second-order valence-corrected chi connectivity index (χ2v) is 6.06. The topological polar surface area (TPSA) is 45.1 Å². The van der Waals surface area contributed by atoms with Gasteiger partial charge in [0.25, 0.3) is 0 Å². The molecule has 4 heteroatoms. The lowest BCUT2D eigenvalue weighted by atomic mass is 10.0. The lowest BCUT2D eigenvalue weighted by Gasteiger charge is -2.13. The van der Waals surface area contributed by atoms with Gasteiger partial charge in [0.15, 0.2) is 11.5 Å². The zero-order valence-electron chi connectivity index (χ0n) is 13.2. The van der Waals surface area contributed by atoms with E-state index in [-0.39, 0.29) is 5.75 Å². The van der Waals surface area contributed by atoms with Crippen molar-refractivity contribution in [2.24, 2.45) is 4.99 Å². The molecule has 116 valence electrons. The number of fused-ring (bicyclic) bond motifs is 5. The second kappa shape index (κ2) is 5.25. The quantitative estimate of drug-likeness (QED) is 0.942. The molecule has 23 heavy (non-hydrogen) atoms. The molecule has 0 spiro atoms. The van der Waals surface area contributed by atoms with Crippen molar-refractivity contribution in [1.29, 1.82) is 0 Å².